The number of benzene rings is 1. The molecule has 1 aliphatic heterocycles. The Morgan fingerprint density at radius 2 is 1.24 bits per heavy atom. The van der Waals surface area contributed by atoms with Crippen LogP contribution in [0.1, 0.15) is 37.7 Å². The molecule has 0 aromatic heterocycles. The van der Waals surface area contributed by atoms with Gasteiger partial charge in [0.25, 0.3) is 0 Å². The van der Waals surface area contributed by atoms with Crippen LogP contribution in [-0.4, -0.2) is 92.9 Å². The summed E-state index contributed by atoms with van der Waals surface area (Å²) in [6.45, 7) is 6.09. The molecule has 2 aliphatic rings. The smallest absolute Gasteiger partial charge is 0.414 e. The first-order valence-electron chi connectivity index (χ1n) is 10.8. The molecule has 2 fully saturated rings. The van der Waals surface area contributed by atoms with Crippen LogP contribution in [0.25, 0.3) is 6.08 Å². The summed E-state index contributed by atoms with van der Waals surface area (Å²) in [7, 11) is 0. The Kier molecular flexibility index (Phi) is 13.1. The molecule has 33 heavy (non-hydrogen) atoms. The number of carboxylic acids is 4. The van der Waals surface area contributed by atoms with Gasteiger partial charge in [0.2, 0.25) is 0 Å². The van der Waals surface area contributed by atoms with Crippen LogP contribution in [0.3, 0.4) is 0 Å². The van der Waals surface area contributed by atoms with E-state index in [0.29, 0.717) is 0 Å². The molecule has 0 amide bonds. The van der Waals surface area contributed by atoms with Crippen LogP contribution in [0.4, 0.5) is 0 Å². The summed E-state index contributed by atoms with van der Waals surface area (Å²) in [5, 5.41) is 29.6. The van der Waals surface area contributed by atoms with E-state index in [1.807, 2.05) is 0 Å². The molecule has 1 aromatic rings. The Morgan fingerprint density at radius 1 is 0.758 bits per heavy atom. The third kappa shape index (κ3) is 12.4. The maximum atomic E-state index is 9.10. The van der Waals surface area contributed by atoms with Crippen molar-refractivity contribution in [3.05, 3.63) is 42.0 Å². The van der Waals surface area contributed by atoms with Gasteiger partial charge in [-0.05, 0) is 18.4 Å². The lowest BCUT2D eigenvalue weighted by atomic mass is 9.94. The Balaban J connectivity index is 0.000000377. The van der Waals surface area contributed by atoms with Gasteiger partial charge in [-0.15, -0.1) is 0 Å². The number of nitrogens with zero attached hydrogens (tertiary/aromatic N) is 2. The lowest BCUT2D eigenvalue weighted by Crippen LogP contribution is -2.50. The maximum absolute atomic E-state index is 9.10. The van der Waals surface area contributed by atoms with Crippen LogP contribution in [0, 0.1) is 0 Å². The highest BCUT2D eigenvalue weighted by molar-refractivity contribution is 6.27. The van der Waals surface area contributed by atoms with Gasteiger partial charge < -0.3 is 20.4 Å². The van der Waals surface area contributed by atoms with E-state index in [4.69, 9.17) is 39.6 Å². The average Bonchev–Trinajstić information content (AvgIpc) is 2.81. The van der Waals surface area contributed by atoms with Crippen LogP contribution in [0.2, 0.25) is 0 Å². The number of aliphatic carboxylic acids is 4. The van der Waals surface area contributed by atoms with Crippen LogP contribution in [-0.2, 0) is 19.2 Å². The zero-order chi connectivity index (χ0) is 24.6. The largest absolute Gasteiger partial charge is 0.473 e. The second-order valence-corrected chi connectivity index (χ2v) is 7.66. The highest BCUT2D eigenvalue weighted by atomic mass is 16.4. The predicted octanol–water partition coefficient (Wildman–Crippen LogP) is 1.96. The first kappa shape index (κ1) is 27.8. The number of piperazine rings is 1. The third-order valence-corrected chi connectivity index (χ3v) is 5.34. The van der Waals surface area contributed by atoms with E-state index < -0.39 is 23.9 Å². The van der Waals surface area contributed by atoms with E-state index >= 15 is 0 Å². The van der Waals surface area contributed by atoms with Gasteiger partial charge >= 0.3 is 23.9 Å². The fraction of sp³-hybridized carbons (Fsp3) is 0.478. The first-order chi connectivity index (χ1) is 15.7. The van der Waals surface area contributed by atoms with E-state index in [1.54, 1.807) is 0 Å². The number of carboxylic acid groups (broad SMARTS) is 4. The van der Waals surface area contributed by atoms with Gasteiger partial charge in [-0.25, -0.2) is 19.2 Å². The molecule has 0 bridgehead atoms. The summed E-state index contributed by atoms with van der Waals surface area (Å²) in [5.41, 5.74) is 1.30. The van der Waals surface area contributed by atoms with Gasteiger partial charge in [-0.3, -0.25) is 9.80 Å². The quantitative estimate of drug-likeness (QED) is 0.486. The van der Waals surface area contributed by atoms with Crippen LogP contribution >= 0.6 is 0 Å². The van der Waals surface area contributed by atoms with Gasteiger partial charge in [0, 0.05) is 38.8 Å². The monoisotopic (exact) mass is 464 g/mol. The van der Waals surface area contributed by atoms with Crippen molar-refractivity contribution in [2.75, 3.05) is 32.7 Å². The maximum Gasteiger partial charge on any atom is 0.414 e. The third-order valence-electron chi connectivity index (χ3n) is 5.34. The number of carbonyl (C=O) groups is 4. The molecule has 3 rings (SSSR count). The van der Waals surface area contributed by atoms with Crippen LogP contribution in [0.5, 0.6) is 0 Å². The van der Waals surface area contributed by atoms with E-state index in [2.05, 4.69) is 52.3 Å². The van der Waals surface area contributed by atoms with E-state index in [1.165, 1.54) is 63.8 Å². The van der Waals surface area contributed by atoms with Gasteiger partial charge in [0.05, 0.1) is 0 Å². The molecule has 10 heteroatoms. The average molecular weight is 465 g/mol. The Hall–Kier alpha value is -3.24. The van der Waals surface area contributed by atoms with Crippen molar-refractivity contribution >= 4 is 30.0 Å². The van der Waals surface area contributed by atoms with Crippen molar-refractivity contribution in [2.24, 2.45) is 0 Å². The summed E-state index contributed by atoms with van der Waals surface area (Å²) in [6, 6.07) is 11.5. The molecule has 0 radical (unpaired) electrons. The molecule has 1 heterocycles. The number of hydrogen-bond donors (Lipinski definition) is 4. The van der Waals surface area contributed by atoms with Gasteiger partial charge in [0.15, 0.2) is 0 Å². The standard InChI is InChI=1S/C19H28N2.2C2H2O4/c1-3-8-18(9-4-1)10-7-13-20-14-16-21(17-15-20)19-11-5-2-6-12-19;2*3-1(4)2(5)6/h1,3-4,7-10,19H,2,5-6,11-17H2;2*(H,3,4)(H,5,6). The van der Waals surface area contributed by atoms with Crippen molar-refractivity contribution in [3.8, 4) is 0 Å². The molecule has 0 spiro atoms. The van der Waals surface area contributed by atoms with Crippen molar-refractivity contribution in [1.29, 1.82) is 0 Å². The second kappa shape index (κ2) is 15.5. The van der Waals surface area contributed by atoms with Crippen LogP contribution < -0.4 is 0 Å². The van der Waals surface area contributed by atoms with E-state index in [9.17, 15) is 0 Å². The first-order valence-corrected chi connectivity index (χ1v) is 10.8. The minimum absolute atomic E-state index is 0.890. The van der Waals surface area contributed by atoms with Crippen molar-refractivity contribution in [1.82, 2.24) is 9.80 Å². The fourth-order valence-electron chi connectivity index (χ4n) is 3.66. The summed E-state index contributed by atoms with van der Waals surface area (Å²) < 4.78 is 0. The molecule has 10 nitrogen and oxygen atoms in total. The number of rotatable bonds is 4. The zero-order valence-corrected chi connectivity index (χ0v) is 18.5. The minimum atomic E-state index is -1.82. The van der Waals surface area contributed by atoms with Gasteiger partial charge in [0.1, 0.15) is 0 Å². The Morgan fingerprint density at radius 3 is 1.70 bits per heavy atom. The molecule has 0 unspecified atom stereocenters. The summed E-state index contributed by atoms with van der Waals surface area (Å²) >= 11 is 0. The second-order valence-electron chi connectivity index (χ2n) is 7.66. The molecular formula is C23H32N2O8. The minimum Gasteiger partial charge on any atom is -0.473 e. The molecule has 0 atom stereocenters. The summed E-state index contributed by atoms with van der Waals surface area (Å²) in [4.78, 5) is 41.7. The van der Waals surface area contributed by atoms with Gasteiger partial charge in [-0.1, -0.05) is 61.7 Å². The van der Waals surface area contributed by atoms with Crippen molar-refractivity contribution in [3.63, 3.8) is 0 Å². The van der Waals surface area contributed by atoms with E-state index in [0.717, 1.165) is 12.6 Å². The highest BCUT2D eigenvalue weighted by Crippen LogP contribution is 2.23. The molecule has 1 aliphatic carbocycles. The molecule has 1 saturated carbocycles. The number of hydrogen-bond acceptors (Lipinski definition) is 6. The van der Waals surface area contributed by atoms with Gasteiger partial charge in [-0.2, -0.15) is 0 Å². The molecule has 1 aromatic carbocycles. The van der Waals surface area contributed by atoms with Crippen LogP contribution in [0.15, 0.2) is 36.4 Å². The highest BCUT2D eigenvalue weighted by Gasteiger charge is 2.24. The normalized spacial score (nSPS) is 17.2. The topological polar surface area (TPSA) is 156 Å². The van der Waals surface area contributed by atoms with E-state index in [-0.39, 0.29) is 0 Å². The lowest BCUT2D eigenvalue weighted by molar-refractivity contribution is -0.159. The summed E-state index contributed by atoms with van der Waals surface area (Å²) in [5.74, 6) is -7.30. The fourth-order valence-corrected chi connectivity index (χ4v) is 3.66. The summed E-state index contributed by atoms with van der Waals surface area (Å²) in [6.07, 6.45) is 11.8. The SMILES string of the molecule is C(=Cc1ccccc1)CN1CCN(C2CCCCC2)CC1.O=C(O)C(=O)O.O=C(O)C(=O)O. The molecular weight excluding hydrogens is 432 g/mol. The zero-order valence-electron chi connectivity index (χ0n) is 18.5. The van der Waals surface area contributed by atoms with Crippen molar-refractivity contribution < 1.29 is 39.6 Å². The molecule has 4 N–H and O–H groups in total. The molecule has 182 valence electrons. The molecule has 1 saturated heterocycles. The van der Waals surface area contributed by atoms with Crippen molar-refractivity contribution in [2.45, 2.75) is 38.1 Å². The Labute approximate surface area is 192 Å². The Bertz CT molecular complexity index is 735. The lowest BCUT2D eigenvalue weighted by Gasteiger charge is -2.40. The predicted molar refractivity (Wildman–Crippen MR) is 121 cm³/mol.